The zero-order valence-electron chi connectivity index (χ0n) is 17.3. The van der Waals surface area contributed by atoms with Crippen molar-refractivity contribution < 1.29 is 22.6 Å². The van der Waals surface area contributed by atoms with Gasteiger partial charge in [0.1, 0.15) is 5.60 Å². The monoisotopic (exact) mass is 461 g/mol. The molecule has 1 unspecified atom stereocenters. The minimum Gasteiger partial charge on any atom is -0.373 e. The molecule has 4 rings (SSSR count). The highest BCUT2D eigenvalue weighted by Gasteiger charge is 2.39. The maximum atomic E-state index is 13.5. The average Bonchev–Trinajstić information content (AvgIpc) is 3.12. The molecule has 7 heteroatoms. The van der Waals surface area contributed by atoms with Crippen LogP contribution >= 0.6 is 11.6 Å². The van der Waals surface area contributed by atoms with E-state index in [1.54, 1.807) is 30.3 Å². The molecule has 0 saturated carbocycles. The topological polar surface area (TPSA) is 44.5 Å². The molecule has 3 aromatic rings. The molecule has 0 aromatic heterocycles. The third-order valence-electron chi connectivity index (χ3n) is 5.66. The summed E-state index contributed by atoms with van der Waals surface area (Å²) in [6.45, 7) is 1.09. The number of alkyl halides is 3. The second kappa shape index (κ2) is 9.24. The number of hydrogen-bond acceptors (Lipinski definition) is 3. The van der Waals surface area contributed by atoms with Crippen molar-refractivity contribution in [3.05, 3.63) is 94.0 Å². The van der Waals surface area contributed by atoms with Crippen LogP contribution in [0.4, 0.5) is 13.2 Å². The van der Waals surface area contributed by atoms with Crippen molar-refractivity contribution in [2.45, 2.75) is 31.4 Å². The normalized spacial score (nSPS) is 18.0. The fourth-order valence-corrected chi connectivity index (χ4v) is 4.22. The molecule has 1 aliphatic rings. The Morgan fingerprint density at radius 1 is 1.00 bits per heavy atom. The molecule has 0 aliphatic carbocycles. The van der Waals surface area contributed by atoms with Crippen LogP contribution in [0.1, 0.15) is 28.7 Å². The first-order chi connectivity index (χ1) is 15.3. The van der Waals surface area contributed by atoms with Gasteiger partial charge >= 0.3 is 6.18 Å². The predicted molar refractivity (Wildman–Crippen MR) is 118 cm³/mol. The first-order valence-electron chi connectivity index (χ1n) is 10.3. The van der Waals surface area contributed by atoms with Crippen LogP contribution < -0.4 is 5.73 Å². The molecule has 1 aliphatic heterocycles. The van der Waals surface area contributed by atoms with Crippen molar-refractivity contribution in [3.8, 4) is 11.1 Å². The Morgan fingerprint density at radius 2 is 1.75 bits per heavy atom. The molecule has 0 saturated heterocycles. The molecule has 0 amide bonds. The van der Waals surface area contributed by atoms with Crippen molar-refractivity contribution >= 4 is 11.6 Å². The lowest BCUT2D eigenvalue weighted by molar-refractivity contribution is -0.137. The molecule has 0 bridgehead atoms. The van der Waals surface area contributed by atoms with Crippen LogP contribution in [0.3, 0.4) is 0 Å². The summed E-state index contributed by atoms with van der Waals surface area (Å²) in [6, 6.07) is 18.5. The van der Waals surface area contributed by atoms with E-state index in [4.69, 9.17) is 26.8 Å². The van der Waals surface area contributed by atoms with Crippen LogP contribution in [0.25, 0.3) is 11.1 Å². The highest BCUT2D eigenvalue weighted by atomic mass is 35.5. The van der Waals surface area contributed by atoms with Crippen molar-refractivity contribution in [2.24, 2.45) is 5.73 Å². The van der Waals surface area contributed by atoms with E-state index >= 15 is 0 Å². The van der Waals surface area contributed by atoms with Gasteiger partial charge in [0.15, 0.2) is 0 Å². The largest absolute Gasteiger partial charge is 0.416 e. The van der Waals surface area contributed by atoms with Gasteiger partial charge in [-0.3, -0.25) is 0 Å². The lowest BCUT2D eigenvalue weighted by Gasteiger charge is -2.29. The molecule has 3 aromatic carbocycles. The minimum absolute atomic E-state index is 0.0162. The van der Waals surface area contributed by atoms with Gasteiger partial charge in [-0.25, -0.2) is 0 Å². The molecular weight excluding hydrogens is 439 g/mol. The predicted octanol–water partition coefficient (Wildman–Crippen LogP) is 6.32. The van der Waals surface area contributed by atoms with E-state index in [0.29, 0.717) is 41.3 Å². The fraction of sp³-hybridized carbons (Fsp3) is 0.280. The van der Waals surface area contributed by atoms with Crippen molar-refractivity contribution in [1.29, 1.82) is 0 Å². The molecule has 32 heavy (non-hydrogen) atoms. The fourth-order valence-electron chi connectivity index (χ4n) is 4.10. The maximum absolute atomic E-state index is 13.5. The molecule has 168 valence electrons. The third kappa shape index (κ3) is 4.84. The van der Waals surface area contributed by atoms with E-state index in [9.17, 15) is 13.2 Å². The van der Waals surface area contributed by atoms with Gasteiger partial charge in [-0.1, -0.05) is 48.0 Å². The number of halogens is 4. The molecular formula is C25H23ClF3NO2. The number of rotatable bonds is 7. The third-order valence-corrected chi connectivity index (χ3v) is 5.91. The Morgan fingerprint density at radius 3 is 2.47 bits per heavy atom. The lowest BCUT2D eigenvalue weighted by atomic mass is 9.90. The second-order valence-corrected chi connectivity index (χ2v) is 8.33. The standard InChI is InChI=1S/C25H23ClF3NO2/c26-22-7-5-18(6-8-22)20-11-17(12-21(13-20)25(27,28)29)14-31-16-24(9-10-30)23-4-2-1-3-19(23)15-32-24/h1-8,11-13H,9-10,14-16,30H2. The number of ether oxygens (including phenoxy) is 2. The van der Waals surface area contributed by atoms with Gasteiger partial charge in [-0.05, 0) is 71.1 Å². The first kappa shape index (κ1) is 22.8. The number of nitrogens with two attached hydrogens (primary N) is 1. The maximum Gasteiger partial charge on any atom is 0.416 e. The number of fused-ring (bicyclic) bond motifs is 1. The zero-order valence-corrected chi connectivity index (χ0v) is 18.0. The lowest BCUT2D eigenvalue weighted by Crippen LogP contribution is -2.34. The SMILES string of the molecule is NCCC1(COCc2cc(-c3ccc(Cl)cc3)cc(C(F)(F)F)c2)OCc2ccccc21. The van der Waals surface area contributed by atoms with Gasteiger partial charge < -0.3 is 15.2 Å². The summed E-state index contributed by atoms with van der Waals surface area (Å²) < 4.78 is 52.6. The van der Waals surface area contributed by atoms with E-state index in [1.165, 1.54) is 0 Å². The average molecular weight is 462 g/mol. The highest BCUT2D eigenvalue weighted by Crippen LogP contribution is 2.40. The number of hydrogen-bond donors (Lipinski definition) is 1. The Kier molecular flexibility index (Phi) is 6.58. The van der Waals surface area contributed by atoms with Crippen LogP contribution in [-0.4, -0.2) is 13.2 Å². The van der Waals surface area contributed by atoms with Gasteiger partial charge in [0, 0.05) is 5.02 Å². The van der Waals surface area contributed by atoms with Crippen LogP contribution in [0.5, 0.6) is 0 Å². The van der Waals surface area contributed by atoms with Crippen LogP contribution in [-0.2, 0) is 34.5 Å². The summed E-state index contributed by atoms with van der Waals surface area (Å²) in [6.07, 6.45) is -3.91. The van der Waals surface area contributed by atoms with E-state index in [2.05, 4.69) is 0 Å². The van der Waals surface area contributed by atoms with Crippen LogP contribution in [0.15, 0.2) is 66.7 Å². The van der Waals surface area contributed by atoms with Crippen molar-refractivity contribution in [1.82, 2.24) is 0 Å². The molecule has 2 N–H and O–H groups in total. The summed E-state index contributed by atoms with van der Waals surface area (Å²) in [7, 11) is 0. The molecule has 0 fully saturated rings. The van der Waals surface area contributed by atoms with E-state index in [1.807, 2.05) is 24.3 Å². The van der Waals surface area contributed by atoms with Crippen LogP contribution in [0, 0.1) is 0 Å². The molecule has 0 spiro atoms. The smallest absolute Gasteiger partial charge is 0.373 e. The summed E-state index contributed by atoms with van der Waals surface area (Å²) in [4.78, 5) is 0. The zero-order chi connectivity index (χ0) is 22.8. The molecule has 1 heterocycles. The van der Waals surface area contributed by atoms with Gasteiger partial charge in [0.05, 0.1) is 25.4 Å². The molecule has 1 atom stereocenters. The minimum atomic E-state index is -4.47. The summed E-state index contributed by atoms with van der Waals surface area (Å²) in [5.41, 5.74) is 8.05. The summed E-state index contributed by atoms with van der Waals surface area (Å²) >= 11 is 5.92. The van der Waals surface area contributed by atoms with Gasteiger partial charge in [-0.15, -0.1) is 0 Å². The van der Waals surface area contributed by atoms with E-state index < -0.39 is 17.3 Å². The Hall–Kier alpha value is -2.38. The Labute approximate surface area is 189 Å². The van der Waals surface area contributed by atoms with Gasteiger partial charge in [0.25, 0.3) is 0 Å². The van der Waals surface area contributed by atoms with Gasteiger partial charge in [-0.2, -0.15) is 13.2 Å². The van der Waals surface area contributed by atoms with E-state index in [0.717, 1.165) is 23.3 Å². The number of benzene rings is 3. The Bertz CT molecular complexity index is 1080. The first-order valence-corrected chi connectivity index (χ1v) is 10.7. The quantitative estimate of drug-likeness (QED) is 0.448. The van der Waals surface area contributed by atoms with E-state index in [-0.39, 0.29) is 13.2 Å². The van der Waals surface area contributed by atoms with Gasteiger partial charge in [0.2, 0.25) is 0 Å². The molecule has 0 radical (unpaired) electrons. The second-order valence-electron chi connectivity index (χ2n) is 7.89. The summed E-state index contributed by atoms with van der Waals surface area (Å²) in [5.74, 6) is 0. The Balaban J connectivity index is 1.57. The van der Waals surface area contributed by atoms with Crippen molar-refractivity contribution in [2.75, 3.05) is 13.2 Å². The van der Waals surface area contributed by atoms with Crippen LogP contribution in [0.2, 0.25) is 5.02 Å². The highest BCUT2D eigenvalue weighted by molar-refractivity contribution is 6.30. The molecule has 3 nitrogen and oxygen atoms in total. The summed E-state index contributed by atoms with van der Waals surface area (Å²) in [5, 5.41) is 0.520. The van der Waals surface area contributed by atoms with Crippen molar-refractivity contribution in [3.63, 3.8) is 0 Å².